The Balaban J connectivity index is 1.57. The molecular weight excluding hydrogens is 421 g/mol. The third kappa shape index (κ3) is 5.37. The normalized spacial score (nSPS) is 18.3. The van der Waals surface area contributed by atoms with Gasteiger partial charge in [-0.25, -0.2) is 0 Å². The van der Waals surface area contributed by atoms with E-state index in [-0.39, 0.29) is 0 Å². The number of fused-ring (bicyclic) bond motifs is 3. The molecule has 3 rings (SSSR count). The first-order chi connectivity index (χ1) is 13.8. The SMILES string of the molecule is CCCCCCCCCCCC[Si]1(C)c2cc(C)sc2-c2sc([Si](C)(C)C)cc21. The van der Waals surface area contributed by atoms with Gasteiger partial charge >= 0.3 is 0 Å². The van der Waals surface area contributed by atoms with Crippen LogP contribution in [0.1, 0.15) is 76.0 Å². The molecule has 0 fully saturated rings. The van der Waals surface area contributed by atoms with Crippen LogP contribution in [0.25, 0.3) is 9.75 Å². The van der Waals surface area contributed by atoms with Crippen molar-refractivity contribution < 1.29 is 0 Å². The molecule has 29 heavy (non-hydrogen) atoms. The number of rotatable bonds is 12. The van der Waals surface area contributed by atoms with Gasteiger partial charge in [0.05, 0.1) is 8.07 Å². The molecule has 1 atom stereocenters. The van der Waals surface area contributed by atoms with Gasteiger partial charge in [0.25, 0.3) is 0 Å². The Kier molecular flexibility index (Phi) is 8.08. The van der Waals surface area contributed by atoms with Crippen LogP contribution in [0, 0.1) is 6.92 Å². The molecule has 162 valence electrons. The molecule has 0 aromatic carbocycles. The summed E-state index contributed by atoms with van der Waals surface area (Å²) in [6.07, 6.45) is 14.4. The Bertz CT molecular complexity index is 796. The van der Waals surface area contributed by atoms with Gasteiger partial charge in [0.15, 0.2) is 0 Å². The molecule has 0 saturated heterocycles. The lowest BCUT2D eigenvalue weighted by atomic mass is 10.1. The van der Waals surface area contributed by atoms with Crippen LogP contribution in [0.2, 0.25) is 32.2 Å². The van der Waals surface area contributed by atoms with Crippen molar-refractivity contribution in [3.8, 4) is 9.75 Å². The minimum Gasteiger partial charge on any atom is -0.144 e. The third-order valence-corrected chi connectivity index (χ3v) is 17.6. The summed E-state index contributed by atoms with van der Waals surface area (Å²) in [6, 6.07) is 6.70. The van der Waals surface area contributed by atoms with Gasteiger partial charge in [-0.2, -0.15) is 0 Å². The zero-order valence-corrected chi connectivity index (χ0v) is 23.4. The van der Waals surface area contributed by atoms with Crippen LogP contribution in [0.4, 0.5) is 0 Å². The predicted octanol–water partition coefficient (Wildman–Crippen LogP) is 7.76. The van der Waals surface area contributed by atoms with Gasteiger partial charge in [-0.1, -0.05) is 103 Å². The Labute approximate surface area is 190 Å². The average molecular weight is 463 g/mol. The largest absolute Gasteiger partial charge is 0.144 e. The zero-order chi connectivity index (χ0) is 21.1. The van der Waals surface area contributed by atoms with Gasteiger partial charge in [-0.3, -0.25) is 0 Å². The van der Waals surface area contributed by atoms with Crippen LogP contribution in [0.3, 0.4) is 0 Å². The molecule has 1 unspecified atom stereocenters. The van der Waals surface area contributed by atoms with Crippen LogP contribution < -0.4 is 14.9 Å². The molecule has 0 aliphatic carbocycles. The zero-order valence-electron chi connectivity index (χ0n) is 19.7. The molecule has 0 amide bonds. The maximum atomic E-state index is 2.68. The van der Waals surface area contributed by atoms with E-state index in [1.807, 2.05) is 0 Å². The van der Waals surface area contributed by atoms with E-state index >= 15 is 0 Å². The molecule has 0 N–H and O–H groups in total. The van der Waals surface area contributed by atoms with Crippen LogP contribution in [0.15, 0.2) is 12.1 Å². The molecule has 2 aromatic heterocycles. The molecule has 1 aliphatic heterocycles. The maximum Gasteiger partial charge on any atom is 0.119 e. The van der Waals surface area contributed by atoms with Crippen molar-refractivity contribution in [1.29, 1.82) is 0 Å². The van der Waals surface area contributed by atoms with Crippen LogP contribution in [0.5, 0.6) is 0 Å². The van der Waals surface area contributed by atoms with Crippen molar-refractivity contribution in [1.82, 2.24) is 0 Å². The Morgan fingerprint density at radius 3 is 1.86 bits per heavy atom. The van der Waals surface area contributed by atoms with E-state index < -0.39 is 16.1 Å². The highest BCUT2D eigenvalue weighted by molar-refractivity contribution is 7.35. The van der Waals surface area contributed by atoms with Gasteiger partial charge in [-0.05, 0) is 33.9 Å². The quantitative estimate of drug-likeness (QED) is 0.223. The van der Waals surface area contributed by atoms with Crippen molar-refractivity contribution in [2.45, 2.75) is 110 Å². The van der Waals surface area contributed by atoms with Gasteiger partial charge in [0.2, 0.25) is 0 Å². The third-order valence-electron chi connectivity index (χ3n) is 6.75. The van der Waals surface area contributed by atoms with E-state index in [4.69, 9.17) is 0 Å². The fourth-order valence-electron chi connectivity index (χ4n) is 4.81. The molecule has 0 spiro atoms. The number of hydrogen-bond donors (Lipinski definition) is 0. The van der Waals surface area contributed by atoms with Crippen LogP contribution >= 0.6 is 22.7 Å². The number of aryl methyl sites for hydroxylation is 1. The lowest BCUT2D eigenvalue weighted by molar-refractivity contribution is 0.562. The van der Waals surface area contributed by atoms with Crippen LogP contribution in [-0.4, -0.2) is 16.1 Å². The molecule has 0 saturated carbocycles. The predicted molar refractivity (Wildman–Crippen MR) is 143 cm³/mol. The lowest BCUT2D eigenvalue weighted by Gasteiger charge is -2.24. The summed E-state index contributed by atoms with van der Waals surface area (Å²) >= 11 is 4.22. The minimum atomic E-state index is -1.51. The van der Waals surface area contributed by atoms with Gasteiger partial charge in [-0.15, -0.1) is 22.7 Å². The fraction of sp³-hybridized carbons (Fsp3) is 0.680. The second kappa shape index (κ2) is 9.97. The lowest BCUT2D eigenvalue weighted by Crippen LogP contribution is -2.52. The molecule has 0 nitrogen and oxygen atoms in total. The number of hydrogen-bond acceptors (Lipinski definition) is 2. The molecule has 2 aromatic rings. The van der Waals surface area contributed by atoms with Crippen molar-refractivity contribution in [2.75, 3.05) is 0 Å². The first-order valence-corrected chi connectivity index (χ1v) is 19.9. The first kappa shape index (κ1) is 23.5. The first-order valence-electron chi connectivity index (χ1n) is 12.0. The van der Waals surface area contributed by atoms with Gasteiger partial charge in [0, 0.05) is 14.6 Å². The van der Waals surface area contributed by atoms with Gasteiger partial charge in [0.1, 0.15) is 8.07 Å². The highest BCUT2D eigenvalue weighted by Crippen LogP contribution is 2.39. The molecule has 4 heteroatoms. The summed E-state index contributed by atoms with van der Waals surface area (Å²) in [4.78, 5) is 4.86. The summed E-state index contributed by atoms with van der Waals surface area (Å²) < 4.78 is 1.72. The standard InChI is InChI=1S/C25H42S2Si2/c1-7-8-9-10-11-12-13-14-15-16-17-29(6)21-18-20(2)26-24(21)25-22(29)19-23(27-25)28(3,4)5/h18-19H,7-17H2,1-6H3. The molecule has 0 radical (unpaired) electrons. The molecular formula is C25H42S2Si2. The van der Waals surface area contributed by atoms with E-state index in [0.29, 0.717) is 0 Å². The van der Waals surface area contributed by atoms with Crippen molar-refractivity contribution >= 4 is 53.7 Å². The van der Waals surface area contributed by atoms with E-state index in [1.165, 1.54) is 75.1 Å². The van der Waals surface area contributed by atoms with E-state index in [0.717, 1.165) is 0 Å². The monoisotopic (exact) mass is 462 g/mol. The Morgan fingerprint density at radius 2 is 1.28 bits per heavy atom. The van der Waals surface area contributed by atoms with Crippen LogP contribution in [-0.2, 0) is 0 Å². The molecule has 1 aliphatic rings. The van der Waals surface area contributed by atoms with Gasteiger partial charge < -0.3 is 0 Å². The summed E-state index contributed by atoms with van der Waals surface area (Å²) in [7, 11) is -2.74. The number of unbranched alkanes of at least 4 members (excludes halogenated alkanes) is 9. The molecule has 0 bridgehead atoms. The summed E-state index contributed by atoms with van der Waals surface area (Å²) in [5.41, 5.74) is 0. The fourth-order valence-corrected chi connectivity index (χ4v) is 15.0. The van der Waals surface area contributed by atoms with Crippen molar-refractivity contribution in [3.63, 3.8) is 0 Å². The second-order valence-electron chi connectivity index (χ2n) is 10.5. The minimum absolute atomic E-state index is 1.22. The second-order valence-corrected chi connectivity index (χ2v) is 22.4. The van der Waals surface area contributed by atoms with E-state index in [9.17, 15) is 0 Å². The van der Waals surface area contributed by atoms with Crippen molar-refractivity contribution in [3.05, 3.63) is 17.0 Å². The summed E-state index contributed by atoms with van der Waals surface area (Å²) in [5, 5.41) is 3.58. The Morgan fingerprint density at radius 1 is 0.759 bits per heavy atom. The summed E-state index contributed by atoms with van der Waals surface area (Å²) in [5.74, 6) is 0. The smallest absolute Gasteiger partial charge is 0.119 e. The molecule has 3 heterocycles. The maximum absolute atomic E-state index is 2.68. The Hall–Kier alpha value is -0.166. The summed E-state index contributed by atoms with van der Waals surface area (Å²) in [6.45, 7) is 14.8. The highest BCUT2D eigenvalue weighted by Gasteiger charge is 2.44. The van der Waals surface area contributed by atoms with E-state index in [1.54, 1.807) is 24.6 Å². The average Bonchev–Trinajstić information content (AvgIpc) is 3.31. The van der Waals surface area contributed by atoms with E-state index in [2.05, 4.69) is 74.8 Å². The highest BCUT2D eigenvalue weighted by atomic mass is 32.1. The topological polar surface area (TPSA) is 0 Å². The van der Waals surface area contributed by atoms with Crippen molar-refractivity contribution in [2.24, 2.45) is 0 Å². The number of thiophene rings is 2.